The maximum atomic E-state index is 13.0. The number of alkyl carbamates (subject to hydrolysis) is 1. The van der Waals surface area contributed by atoms with E-state index >= 15 is 0 Å². The Morgan fingerprint density at radius 3 is 2.55 bits per heavy atom. The molecule has 0 radical (unpaired) electrons. The van der Waals surface area contributed by atoms with Gasteiger partial charge in [0.25, 0.3) is 0 Å². The first-order valence-electron chi connectivity index (χ1n) is 10.4. The zero-order valence-electron chi connectivity index (χ0n) is 17.9. The van der Waals surface area contributed by atoms with E-state index in [1.165, 1.54) is 4.90 Å². The van der Waals surface area contributed by atoms with Crippen LogP contribution in [0.1, 0.15) is 32.3 Å². The number of hydrogen-bond donors (Lipinski definition) is 2. The van der Waals surface area contributed by atoms with Crippen LogP contribution < -0.4 is 10.6 Å². The van der Waals surface area contributed by atoms with E-state index in [9.17, 15) is 19.2 Å². The van der Waals surface area contributed by atoms with Crippen molar-refractivity contribution < 1.29 is 23.9 Å². The third-order valence-corrected chi connectivity index (χ3v) is 5.25. The summed E-state index contributed by atoms with van der Waals surface area (Å²) in [5.74, 6) is -1.43. The summed E-state index contributed by atoms with van der Waals surface area (Å²) in [6, 6.07) is 8.40. The number of amides is 3. The zero-order valence-corrected chi connectivity index (χ0v) is 18.7. The largest absolute Gasteiger partial charge is 0.445 e. The predicted molar refractivity (Wildman–Crippen MR) is 116 cm³/mol. The van der Waals surface area contributed by atoms with Crippen molar-refractivity contribution in [1.82, 2.24) is 15.5 Å². The Bertz CT molecular complexity index is 772. The van der Waals surface area contributed by atoms with Gasteiger partial charge < -0.3 is 20.3 Å². The number of carbonyl (C=O) groups excluding carboxylic acids is 4. The topological polar surface area (TPSA) is 105 Å². The highest BCUT2D eigenvalue weighted by atomic mass is 35.5. The molecule has 8 nitrogen and oxygen atoms in total. The third kappa shape index (κ3) is 8.20. The molecule has 1 aromatic carbocycles. The first-order chi connectivity index (χ1) is 14.8. The fourth-order valence-corrected chi connectivity index (χ4v) is 3.54. The van der Waals surface area contributed by atoms with Crippen LogP contribution in [0, 0.1) is 11.8 Å². The van der Waals surface area contributed by atoms with E-state index in [-0.39, 0.29) is 49.1 Å². The molecule has 0 bridgehead atoms. The molecule has 1 fully saturated rings. The van der Waals surface area contributed by atoms with Crippen LogP contribution in [0.15, 0.2) is 30.3 Å². The van der Waals surface area contributed by atoms with E-state index < -0.39 is 18.0 Å². The maximum Gasteiger partial charge on any atom is 0.408 e. The Balaban J connectivity index is 1.99. The molecule has 1 saturated heterocycles. The highest BCUT2D eigenvalue weighted by Crippen LogP contribution is 2.14. The highest BCUT2D eigenvalue weighted by molar-refractivity contribution is 6.27. The van der Waals surface area contributed by atoms with Gasteiger partial charge in [-0.25, -0.2) is 4.79 Å². The summed E-state index contributed by atoms with van der Waals surface area (Å²) in [5, 5.41) is 5.34. The Morgan fingerprint density at radius 1 is 1.26 bits per heavy atom. The van der Waals surface area contributed by atoms with Crippen LogP contribution in [0.3, 0.4) is 0 Å². The molecule has 2 atom stereocenters. The Hall–Kier alpha value is -2.61. The van der Waals surface area contributed by atoms with Gasteiger partial charge in [0.05, 0.1) is 18.5 Å². The number of ketones is 1. The molecule has 1 heterocycles. The summed E-state index contributed by atoms with van der Waals surface area (Å²) < 4.78 is 5.23. The van der Waals surface area contributed by atoms with Gasteiger partial charge in [-0.2, -0.15) is 0 Å². The Labute approximate surface area is 187 Å². The third-order valence-electron chi connectivity index (χ3n) is 5.02. The van der Waals surface area contributed by atoms with Crippen molar-refractivity contribution in [3.63, 3.8) is 0 Å². The number of ether oxygens (including phenoxy) is 1. The molecular weight excluding hydrogens is 422 g/mol. The molecule has 1 aliphatic rings. The van der Waals surface area contributed by atoms with Crippen LogP contribution in [-0.4, -0.2) is 60.1 Å². The van der Waals surface area contributed by atoms with Gasteiger partial charge in [0.1, 0.15) is 12.5 Å². The van der Waals surface area contributed by atoms with Gasteiger partial charge in [-0.1, -0.05) is 44.2 Å². The lowest BCUT2D eigenvalue weighted by atomic mass is 9.99. The van der Waals surface area contributed by atoms with Crippen molar-refractivity contribution in [1.29, 1.82) is 0 Å². The smallest absolute Gasteiger partial charge is 0.408 e. The van der Waals surface area contributed by atoms with Crippen LogP contribution in [0.2, 0.25) is 0 Å². The molecule has 0 unspecified atom stereocenters. The minimum Gasteiger partial charge on any atom is -0.445 e. The SMILES string of the molecule is CC(C)C[C@H](NC(=O)OCc1ccccc1)C(=O)CN(C[C@@H]1CCNC1=O)C(=O)CCl. The molecule has 1 aromatic rings. The van der Waals surface area contributed by atoms with Crippen molar-refractivity contribution >= 4 is 35.3 Å². The normalized spacial score (nSPS) is 16.5. The molecule has 31 heavy (non-hydrogen) atoms. The predicted octanol–water partition coefficient (Wildman–Crippen LogP) is 2.10. The van der Waals surface area contributed by atoms with E-state index in [1.807, 2.05) is 44.2 Å². The second-order valence-corrected chi connectivity index (χ2v) is 8.31. The summed E-state index contributed by atoms with van der Waals surface area (Å²) in [6.07, 6.45) is 0.290. The Morgan fingerprint density at radius 2 is 1.97 bits per heavy atom. The van der Waals surface area contributed by atoms with Crippen LogP contribution >= 0.6 is 11.6 Å². The van der Waals surface area contributed by atoms with Gasteiger partial charge >= 0.3 is 6.09 Å². The first kappa shape index (κ1) is 24.7. The van der Waals surface area contributed by atoms with Crippen molar-refractivity contribution in [2.45, 2.75) is 39.3 Å². The summed E-state index contributed by atoms with van der Waals surface area (Å²) in [6.45, 7) is 4.39. The quantitative estimate of drug-likeness (QED) is 0.501. The first-order valence-corrected chi connectivity index (χ1v) is 10.9. The van der Waals surface area contributed by atoms with Gasteiger partial charge in [-0.05, 0) is 24.3 Å². The van der Waals surface area contributed by atoms with Crippen LogP contribution in [0.25, 0.3) is 0 Å². The van der Waals surface area contributed by atoms with Crippen LogP contribution in [0.5, 0.6) is 0 Å². The number of halogens is 1. The lowest BCUT2D eigenvalue weighted by Gasteiger charge is -2.26. The molecule has 3 amide bonds. The molecular formula is C22H30ClN3O5. The molecule has 0 spiro atoms. The van der Waals surface area contributed by atoms with Crippen LogP contribution in [0.4, 0.5) is 4.79 Å². The van der Waals surface area contributed by atoms with Gasteiger partial charge in [0, 0.05) is 13.1 Å². The molecule has 0 saturated carbocycles. The summed E-state index contributed by atoms with van der Waals surface area (Å²) in [7, 11) is 0. The lowest BCUT2D eigenvalue weighted by molar-refractivity contribution is -0.135. The van der Waals surface area contributed by atoms with E-state index in [0.29, 0.717) is 19.4 Å². The minimum atomic E-state index is -0.814. The number of rotatable bonds is 11. The molecule has 2 N–H and O–H groups in total. The Kier molecular flexibility index (Phi) is 9.78. The van der Waals surface area contributed by atoms with Gasteiger partial charge in [0.2, 0.25) is 11.8 Å². The standard InChI is InChI=1S/C22H30ClN3O5/c1-15(2)10-18(25-22(30)31-14-16-6-4-3-5-7-16)19(27)13-26(20(28)11-23)12-17-8-9-24-21(17)29/h3-7,15,17-18H,8-14H2,1-2H3,(H,24,29)(H,25,30)/t17-,18-/m0/s1. The average Bonchev–Trinajstić information content (AvgIpc) is 3.15. The molecule has 0 aromatic heterocycles. The van der Waals surface area contributed by atoms with Gasteiger partial charge in [-0.3, -0.25) is 14.4 Å². The van der Waals surface area contributed by atoms with Crippen molar-refractivity contribution in [3.8, 4) is 0 Å². The number of hydrogen-bond acceptors (Lipinski definition) is 5. The highest BCUT2D eigenvalue weighted by Gasteiger charge is 2.31. The van der Waals surface area contributed by atoms with E-state index in [4.69, 9.17) is 16.3 Å². The summed E-state index contributed by atoms with van der Waals surface area (Å²) in [5.41, 5.74) is 0.832. The number of alkyl halides is 1. The lowest BCUT2D eigenvalue weighted by Crippen LogP contribution is -2.49. The van der Waals surface area contributed by atoms with E-state index in [2.05, 4.69) is 10.6 Å². The fraction of sp³-hybridized carbons (Fsp3) is 0.545. The summed E-state index contributed by atoms with van der Waals surface area (Å²) >= 11 is 5.71. The number of nitrogens with zero attached hydrogens (tertiary/aromatic N) is 1. The van der Waals surface area contributed by atoms with Crippen molar-refractivity contribution in [2.75, 3.05) is 25.5 Å². The maximum absolute atomic E-state index is 13.0. The second kappa shape index (κ2) is 12.3. The fourth-order valence-electron chi connectivity index (χ4n) is 3.37. The second-order valence-electron chi connectivity index (χ2n) is 8.04. The molecule has 0 aliphatic carbocycles. The number of nitrogens with one attached hydrogen (secondary N) is 2. The average molecular weight is 452 g/mol. The summed E-state index contributed by atoms with van der Waals surface area (Å²) in [4.78, 5) is 50.7. The number of carbonyl (C=O) groups is 4. The van der Waals surface area contributed by atoms with Gasteiger partial charge in [0.15, 0.2) is 5.78 Å². The number of Topliss-reactive ketones (excluding diaryl/α,β-unsaturated/α-hetero) is 1. The van der Waals surface area contributed by atoms with Crippen molar-refractivity contribution in [2.24, 2.45) is 11.8 Å². The molecule has 9 heteroatoms. The molecule has 1 aliphatic heterocycles. The van der Waals surface area contributed by atoms with E-state index in [0.717, 1.165) is 5.56 Å². The number of benzene rings is 1. The molecule has 170 valence electrons. The van der Waals surface area contributed by atoms with Crippen molar-refractivity contribution in [3.05, 3.63) is 35.9 Å². The van der Waals surface area contributed by atoms with Gasteiger partial charge in [-0.15, -0.1) is 11.6 Å². The monoisotopic (exact) mass is 451 g/mol. The van der Waals surface area contributed by atoms with E-state index in [1.54, 1.807) is 0 Å². The zero-order chi connectivity index (χ0) is 22.8. The van der Waals surface area contributed by atoms with Crippen LogP contribution in [-0.2, 0) is 25.7 Å². The molecule has 2 rings (SSSR count). The minimum absolute atomic E-state index is 0.0862.